The third-order valence-electron chi connectivity index (χ3n) is 8.81. The zero-order valence-corrected chi connectivity index (χ0v) is 31.3. The highest BCUT2D eigenvalue weighted by Gasteiger charge is 2.19. The van der Waals surface area contributed by atoms with Crippen molar-refractivity contribution in [3.05, 3.63) is 0 Å². The molecule has 260 valence electrons. The van der Waals surface area contributed by atoms with Gasteiger partial charge in [-0.05, 0) is 76.0 Å². The van der Waals surface area contributed by atoms with Crippen molar-refractivity contribution in [2.75, 3.05) is 13.2 Å². The highest BCUT2D eigenvalue weighted by Crippen LogP contribution is 2.22. The first-order valence-corrected chi connectivity index (χ1v) is 19.9. The molecule has 0 saturated carbocycles. The van der Waals surface area contributed by atoms with Crippen LogP contribution in [0.1, 0.15) is 196 Å². The second kappa shape index (κ2) is 32.4. The van der Waals surface area contributed by atoms with Crippen molar-refractivity contribution in [3.8, 4) is 0 Å². The van der Waals surface area contributed by atoms with Gasteiger partial charge in [-0.1, -0.05) is 131 Å². The standard InChI is InChI=1S/C38H76Cl2O3/c1-7-11-25-35(39)27-15-13-17-31-41-37(29-19-23-33(5)21-9-3)43-38(30-20-24-34(6)22-10-4)42-32-18-14-16-28-36(40)26-12-8-2/h33-38H,7-32H2,1-6H3. The Morgan fingerprint density at radius 2 is 0.791 bits per heavy atom. The number of ether oxygens (including phenoxy) is 3. The van der Waals surface area contributed by atoms with E-state index in [1.807, 2.05) is 0 Å². The van der Waals surface area contributed by atoms with Gasteiger partial charge in [0.15, 0.2) is 12.6 Å². The Balaban J connectivity index is 4.85. The minimum atomic E-state index is -0.173. The maximum atomic E-state index is 6.63. The van der Waals surface area contributed by atoms with Crippen molar-refractivity contribution in [1.82, 2.24) is 0 Å². The van der Waals surface area contributed by atoms with Crippen LogP contribution < -0.4 is 0 Å². The topological polar surface area (TPSA) is 27.7 Å². The second-order valence-electron chi connectivity index (χ2n) is 13.6. The minimum Gasteiger partial charge on any atom is -0.353 e. The summed E-state index contributed by atoms with van der Waals surface area (Å²) < 4.78 is 19.4. The fourth-order valence-electron chi connectivity index (χ4n) is 5.95. The van der Waals surface area contributed by atoms with Gasteiger partial charge in [0.05, 0.1) is 0 Å². The molecular formula is C38H76Cl2O3. The lowest BCUT2D eigenvalue weighted by atomic mass is 9.99. The van der Waals surface area contributed by atoms with E-state index in [1.165, 1.54) is 89.9 Å². The van der Waals surface area contributed by atoms with Crippen LogP contribution in [-0.2, 0) is 14.2 Å². The van der Waals surface area contributed by atoms with E-state index in [4.69, 9.17) is 37.4 Å². The van der Waals surface area contributed by atoms with E-state index in [1.54, 1.807) is 0 Å². The van der Waals surface area contributed by atoms with Crippen LogP contribution in [0.3, 0.4) is 0 Å². The summed E-state index contributed by atoms with van der Waals surface area (Å²) in [5.41, 5.74) is 0. The first kappa shape index (κ1) is 43.5. The molecule has 6 atom stereocenters. The maximum Gasteiger partial charge on any atom is 0.160 e. The van der Waals surface area contributed by atoms with Crippen LogP contribution >= 0.6 is 23.2 Å². The monoisotopic (exact) mass is 651 g/mol. The molecule has 0 fully saturated rings. The minimum absolute atomic E-state index is 0.173. The third-order valence-corrected chi connectivity index (χ3v) is 9.69. The Bertz CT molecular complexity index is 503. The predicted molar refractivity (Wildman–Crippen MR) is 192 cm³/mol. The average molecular weight is 652 g/mol. The first-order valence-electron chi connectivity index (χ1n) is 19.0. The van der Waals surface area contributed by atoms with Crippen molar-refractivity contribution >= 4 is 23.2 Å². The summed E-state index contributed by atoms with van der Waals surface area (Å²) in [7, 11) is 0. The molecule has 0 aliphatic carbocycles. The number of unbranched alkanes of at least 4 members (excludes halogenated alkanes) is 6. The summed E-state index contributed by atoms with van der Waals surface area (Å²) >= 11 is 13.0. The molecule has 5 heteroatoms. The molecule has 0 radical (unpaired) electrons. The summed E-state index contributed by atoms with van der Waals surface area (Å²) in [6.45, 7) is 15.3. The fraction of sp³-hybridized carbons (Fsp3) is 1.00. The van der Waals surface area contributed by atoms with Crippen molar-refractivity contribution in [2.24, 2.45) is 11.8 Å². The molecule has 0 rings (SSSR count). The van der Waals surface area contributed by atoms with Gasteiger partial charge in [-0.25, -0.2) is 0 Å². The molecule has 0 aromatic carbocycles. The first-order chi connectivity index (χ1) is 20.9. The van der Waals surface area contributed by atoms with Gasteiger partial charge >= 0.3 is 0 Å². The maximum absolute atomic E-state index is 6.63. The van der Waals surface area contributed by atoms with Gasteiger partial charge in [0.2, 0.25) is 0 Å². The molecule has 0 aliphatic heterocycles. The van der Waals surface area contributed by atoms with Crippen molar-refractivity contribution in [1.29, 1.82) is 0 Å². The summed E-state index contributed by atoms with van der Waals surface area (Å²) in [6, 6.07) is 0. The van der Waals surface area contributed by atoms with Gasteiger partial charge in [0, 0.05) is 24.0 Å². The van der Waals surface area contributed by atoms with Crippen LogP contribution in [0.15, 0.2) is 0 Å². The van der Waals surface area contributed by atoms with Crippen LogP contribution in [0.2, 0.25) is 0 Å². The molecule has 6 unspecified atom stereocenters. The van der Waals surface area contributed by atoms with E-state index < -0.39 is 0 Å². The van der Waals surface area contributed by atoms with Gasteiger partial charge in [0.1, 0.15) is 0 Å². The number of alkyl halides is 2. The Morgan fingerprint density at radius 3 is 1.16 bits per heavy atom. The van der Waals surface area contributed by atoms with Crippen molar-refractivity contribution in [2.45, 2.75) is 219 Å². The molecule has 0 aliphatic rings. The van der Waals surface area contributed by atoms with E-state index in [0.29, 0.717) is 10.8 Å². The molecule has 0 amide bonds. The summed E-state index contributed by atoms with van der Waals surface area (Å²) in [5.74, 6) is 1.53. The normalized spacial score (nSPS) is 16.2. The number of hydrogen-bond acceptors (Lipinski definition) is 3. The van der Waals surface area contributed by atoms with Crippen LogP contribution in [0.5, 0.6) is 0 Å². The molecule has 43 heavy (non-hydrogen) atoms. The Labute approximate surface area is 280 Å². The van der Waals surface area contributed by atoms with Gasteiger partial charge in [-0.3, -0.25) is 0 Å². The van der Waals surface area contributed by atoms with Crippen molar-refractivity contribution < 1.29 is 14.2 Å². The number of hydrogen-bond donors (Lipinski definition) is 0. The molecule has 0 spiro atoms. The van der Waals surface area contributed by atoms with Crippen LogP contribution in [0.25, 0.3) is 0 Å². The molecule has 3 nitrogen and oxygen atoms in total. The van der Waals surface area contributed by atoms with Crippen LogP contribution in [0.4, 0.5) is 0 Å². The Hall–Kier alpha value is 0.460. The molecule has 0 bridgehead atoms. The molecule has 0 aromatic rings. The van der Waals surface area contributed by atoms with Gasteiger partial charge in [-0.15, -0.1) is 23.2 Å². The largest absolute Gasteiger partial charge is 0.353 e. The van der Waals surface area contributed by atoms with Crippen molar-refractivity contribution in [3.63, 3.8) is 0 Å². The third kappa shape index (κ3) is 29.6. The summed E-state index contributed by atoms with van der Waals surface area (Å²) in [5, 5.41) is 0.662. The average Bonchev–Trinajstić information content (AvgIpc) is 2.98. The quantitative estimate of drug-likeness (QED) is 0.0394. The predicted octanol–water partition coefficient (Wildman–Crippen LogP) is 13.6. The zero-order chi connectivity index (χ0) is 32.0. The second-order valence-corrected chi connectivity index (χ2v) is 14.8. The molecule has 0 N–H and O–H groups in total. The van der Waals surface area contributed by atoms with Gasteiger partial charge < -0.3 is 14.2 Å². The number of halogens is 2. The molecule has 0 aromatic heterocycles. The van der Waals surface area contributed by atoms with Gasteiger partial charge in [0.25, 0.3) is 0 Å². The molecule has 0 heterocycles. The van der Waals surface area contributed by atoms with Crippen LogP contribution in [0, 0.1) is 11.8 Å². The lowest BCUT2D eigenvalue weighted by Crippen LogP contribution is -2.28. The van der Waals surface area contributed by atoms with E-state index in [0.717, 1.165) is 89.3 Å². The van der Waals surface area contributed by atoms with Gasteiger partial charge in [-0.2, -0.15) is 0 Å². The van der Waals surface area contributed by atoms with E-state index in [9.17, 15) is 0 Å². The Morgan fingerprint density at radius 1 is 0.395 bits per heavy atom. The summed E-state index contributed by atoms with van der Waals surface area (Å²) in [6.07, 6.45) is 27.8. The molecular weight excluding hydrogens is 575 g/mol. The smallest absolute Gasteiger partial charge is 0.160 e. The van der Waals surface area contributed by atoms with E-state index >= 15 is 0 Å². The Kier molecular flexibility index (Phi) is 32.7. The van der Waals surface area contributed by atoms with E-state index in [2.05, 4.69) is 41.5 Å². The number of rotatable bonds is 34. The fourth-order valence-corrected chi connectivity index (χ4v) is 6.57. The highest BCUT2D eigenvalue weighted by atomic mass is 35.5. The van der Waals surface area contributed by atoms with E-state index in [-0.39, 0.29) is 12.6 Å². The molecule has 0 saturated heterocycles. The van der Waals surface area contributed by atoms with Crippen LogP contribution in [-0.4, -0.2) is 36.5 Å². The zero-order valence-electron chi connectivity index (χ0n) is 29.8. The summed E-state index contributed by atoms with van der Waals surface area (Å²) in [4.78, 5) is 0. The SMILES string of the molecule is CCCCC(Cl)CCCCCOC(CCCC(C)CCC)OC(CCCC(C)CCC)OCCCCCC(Cl)CCCC. The lowest BCUT2D eigenvalue weighted by molar-refractivity contribution is -0.250. The lowest BCUT2D eigenvalue weighted by Gasteiger charge is -2.26. The highest BCUT2D eigenvalue weighted by molar-refractivity contribution is 6.20.